The van der Waals surface area contributed by atoms with Gasteiger partial charge in [-0.3, -0.25) is 0 Å². The molecular formula is C7H4BrClN2. The molecule has 0 aliphatic carbocycles. The zero-order chi connectivity index (χ0) is 8.43. The molecule has 0 amide bonds. The van der Waals surface area contributed by atoms with Gasteiger partial charge in [0.2, 0.25) is 0 Å². The Balaban J connectivity index is 3.35. The third-order valence-corrected chi connectivity index (χ3v) is 2.72. The van der Waals surface area contributed by atoms with Gasteiger partial charge < -0.3 is 0 Å². The minimum Gasteiger partial charge on any atom is -0.224 e. The largest absolute Gasteiger partial charge is 0.224 e. The lowest BCUT2D eigenvalue weighted by Gasteiger charge is -1.98. The second kappa shape index (κ2) is 3.21. The molecule has 56 valence electrons. The van der Waals surface area contributed by atoms with E-state index in [9.17, 15) is 0 Å². The van der Waals surface area contributed by atoms with Gasteiger partial charge in [-0.25, -0.2) is 4.98 Å². The minimum absolute atomic E-state index is 0.335. The number of aryl methyl sites for hydroxylation is 1. The van der Waals surface area contributed by atoms with Crippen LogP contribution in [0.2, 0.25) is 5.15 Å². The van der Waals surface area contributed by atoms with Gasteiger partial charge in [-0.05, 0) is 34.5 Å². The van der Waals surface area contributed by atoms with Crippen molar-refractivity contribution in [2.24, 2.45) is 0 Å². The van der Waals surface area contributed by atoms with Crippen LogP contribution in [0.4, 0.5) is 0 Å². The summed E-state index contributed by atoms with van der Waals surface area (Å²) in [7, 11) is 0. The van der Waals surface area contributed by atoms with Crippen molar-refractivity contribution in [1.29, 1.82) is 5.26 Å². The Morgan fingerprint density at radius 3 is 2.82 bits per heavy atom. The minimum atomic E-state index is 0.335. The highest BCUT2D eigenvalue weighted by molar-refractivity contribution is 9.10. The average molecular weight is 231 g/mol. The van der Waals surface area contributed by atoms with E-state index >= 15 is 0 Å². The van der Waals surface area contributed by atoms with Gasteiger partial charge in [0.05, 0.1) is 4.47 Å². The van der Waals surface area contributed by atoms with Gasteiger partial charge in [0, 0.05) is 0 Å². The monoisotopic (exact) mass is 230 g/mol. The summed E-state index contributed by atoms with van der Waals surface area (Å²) in [6.07, 6.45) is 0. The third-order valence-electron chi connectivity index (χ3n) is 1.21. The summed E-state index contributed by atoms with van der Waals surface area (Å²) in [6.45, 7) is 1.86. The van der Waals surface area contributed by atoms with Crippen molar-refractivity contribution in [3.05, 3.63) is 26.9 Å². The van der Waals surface area contributed by atoms with Gasteiger partial charge in [0.25, 0.3) is 0 Å². The first-order chi connectivity index (χ1) is 5.15. The Morgan fingerprint density at radius 1 is 1.73 bits per heavy atom. The summed E-state index contributed by atoms with van der Waals surface area (Å²) in [6, 6.07) is 3.60. The van der Waals surface area contributed by atoms with Crippen molar-refractivity contribution in [3.8, 4) is 6.07 Å². The summed E-state index contributed by atoms with van der Waals surface area (Å²) >= 11 is 8.93. The number of hydrogen-bond acceptors (Lipinski definition) is 2. The van der Waals surface area contributed by atoms with Gasteiger partial charge in [-0.15, -0.1) is 0 Å². The molecule has 11 heavy (non-hydrogen) atoms. The molecule has 0 unspecified atom stereocenters. The van der Waals surface area contributed by atoms with Crippen LogP contribution in [-0.2, 0) is 0 Å². The highest BCUT2D eigenvalue weighted by Gasteiger charge is 2.03. The second-order valence-electron chi connectivity index (χ2n) is 2.04. The molecule has 1 aromatic heterocycles. The van der Waals surface area contributed by atoms with Crippen LogP contribution in [0, 0.1) is 18.3 Å². The molecular weight excluding hydrogens is 227 g/mol. The SMILES string of the molecule is Cc1cc(C#N)nc(Cl)c1Br. The van der Waals surface area contributed by atoms with Crippen molar-refractivity contribution < 1.29 is 0 Å². The van der Waals surface area contributed by atoms with Gasteiger partial charge in [-0.1, -0.05) is 11.6 Å². The van der Waals surface area contributed by atoms with Crippen LogP contribution < -0.4 is 0 Å². The Morgan fingerprint density at radius 2 is 2.36 bits per heavy atom. The summed E-state index contributed by atoms with van der Waals surface area (Å²) in [5, 5.41) is 8.83. The standard InChI is InChI=1S/C7H4BrClN2/c1-4-2-5(3-10)11-7(9)6(4)8/h2H,1H3. The van der Waals surface area contributed by atoms with E-state index in [4.69, 9.17) is 16.9 Å². The summed E-state index contributed by atoms with van der Waals surface area (Å²) < 4.78 is 0.748. The predicted octanol–water partition coefficient (Wildman–Crippen LogP) is 2.68. The van der Waals surface area contributed by atoms with E-state index in [1.54, 1.807) is 6.07 Å². The van der Waals surface area contributed by atoms with Crippen molar-refractivity contribution in [1.82, 2.24) is 4.98 Å². The molecule has 4 heteroatoms. The Bertz CT molecular complexity index is 307. The zero-order valence-electron chi connectivity index (χ0n) is 5.73. The van der Waals surface area contributed by atoms with Gasteiger partial charge in [0.1, 0.15) is 16.9 Å². The molecule has 0 radical (unpaired) electrons. The van der Waals surface area contributed by atoms with Crippen LogP contribution in [-0.4, -0.2) is 4.98 Å². The quantitative estimate of drug-likeness (QED) is 0.644. The number of nitriles is 1. The zero-order valence-corrected chi connectivity index (χ0v) is 8.07. The smallest absolute Gasteiger partial charge is 0.145 e. The average Bonchev–Trinajstić information content (AvgIpc) is 1.99. The van der Waals surface area contributed by atoms with Crippen LogP contribution >= 0.6 is 27.5 Å². The number of hydrogen-bond donors (Lipinski definition) is 0. The van der Waals surface area contributed by atoms with Crippen LogP contribution in [0.25, 0.3) is 0 Å². The van der Waals surface area contributed by atoms with E-state index in [1.807, 2.05) is 13.0 Å². The van der Waals surface area contributed by atoms with E-state index in [2.05, 4.69) is 20.9 Å². The lowest BCUT2D eigenvalue weighted by atomic mass is 10.2. The molecule has 0 aliphatic heterocycles. The Hall–Kier alpha value is -0.590. The molecule has 0 saturated heterocycles. The highest BCUT2D eigenvalue weighted by Crippen LogP contribution is 2.24. The lowest BCUT2D eigenvalue weighted by Crippen LogP contribution is -1.87. The fourth-order valence-corrected chi connectivity index (χ4v) is 1.12. The number of halogens is 2. The highest BCUT2D eigenvalue weighted by atomic mass is 79.9. The molecule has 0 saturated carbocycles. The van der Waals surface area contributed by atoms with Crippen molar-refractivity contribution in [2.45, 2.75) is 6.92 Å². The first-order valence-corrected chi connectivity index (χ1v) is 4.05. The normalized spacial score (nSPS) is 9.27. The van der Waals surface area contributed by atoms with Crippen molar-refractivity contribution >= 4 is 27.5 Å². The van der Waals surface area contributed by atoms with E-state index in [0.717, 1.165) is 10.0 Å². The predicted molar refractivity (Wildman–Crippen MR) is 46.4 cm³/mol. The number of aromatic nitrogens is 1. The topological polar surface area (TPSA) is 36.7 Å². The van der Waals surface area contributed by atoms with Crippen LogP contribution in [0.5, 0.6) is 0 Å². The third kappa shape index (κ3) is 1.70. The molecule has 2 nitrogen and oxygen atoms in total. The Kier molecular flexibility index (Phi) is 2.48. The Labute approximate surface area is 77.9 Å². The summed E-state index contributed by atoms with van der Waals surface area (Å²) in [5.74, 6) is 0. The van der Waals surface area contributed by atoms with Crippen LogP contribution in [0.1, 0.15) is 11.3 Å². The lowest BCUT2D eigenvalue weighted by molar-refractivity contribution is 1.21. The fraction of sp³-hybridized carbons (Fsp3) is 0.143. The second-order valence-corrected chi connectivity index (χ2v) is 3.19. The fourth-order valence-electron chi connectivity index (χ4n) is 0.676. The van der Waals surface area contributed by atoms with E-state index in [0.29, 0.717) is 10.8 Å². The van der Waals surface area contributed by atoms with E-state index in [-0.39, 0.29) is 0 Å². The van der Waals surface area contributed by atoms with Gasteiger partial charge in [0.15, 0.2) is 0 Å². The number of rotatable bonds is 0. The number of nitrogens with zero attached hydrogens (tertiary/aromatic N) is 2. The maximum absolute atomic E-state index is 8.49. The van der Waals surface area contributed by atoms with E-state index in [1.165, 1.54) is 0 Å². The molecule has 0 atom stereocenters. The first kappa shape index (κ1) is 8.51. The van der Waals surface area contributed by atoms with Crippen molar-refractivity contribution in [3.63, 3.8) is 0 Å². The van der Waals surface area contributed by atoms with Crippen molar-refractivity contribution in [2.75, 3.05) is 0 Å². The molecule has 1 heterocycles. The maximum atomic E-state index is 8.49. The van der Waals surface area contributed by atoms with Gasteiger partial charge in [-0.2, -0.15) is 5.26 Å². The summed E-state index contributed by atoms with van der Waals surface area (Å²) in [4.78, 5) is 3.81. The molecule has 0 aromatic carbocycles. The van der Waals surface area contributed by atoms with Crippen LogP contribution in [0.15, 0.2) is 10.5 Å². The molecule has 0 N–H and O–H groups in total. The molecule has 1 rings (SSSR count). The molecule has 0 spiro atoms. The molecule has 0 aliphatic rings. The first-order valence-electron chi connectivity index (χ1n) is 2.88. The summed E-state index contributed by atoms with van der Waals surface area (Å²) in [5.41, 5.74) is 1.26. The molecule has 0 fully saturated rings. The number of pyridine rings is 1. The van der Waals surface area contributed by atoms with Crippen LogP contribution in [0.3, 0.4) is 0 Å². The van der Waals surface area contributed by atoms with E-state index < -0.39 is 0 Å². The molecule has 0 bridgehead atoms. The van der Waals surface area contributed by atoms with Gasteiger partial charge >= 0.3 is 0 Å². The maximum Gasteiger partial charge on any atom is 0.145 e. The molecule has 1 aromatic rings.